The van der Waals surface area contributed by atoms with Crippen LogP contribution in [0.1, 0.15) is 45.9 Å². The number of pyridine rings is 1. The van der Waals surface area contributed by atoms with Gasteiger partial charge in [0.2, 0.25) is 0 Å². The second-order valence-corrected chi connectivity index (χ2v) is 8.64. The first-order valence-corrected chi connectivity index (χ1v) is 10.5. The van der Waals surface area contributed by atoms with Crippen LogP contribution in [0, 0.1) is 0 Å². The van der Waals surface area contributed by atoms with E-state index >= 15 is 0 Å². The average molecular weight is 495 g/mol. The van der Waals surface area contributed by atoms with Crippen LogP contribution in [0.5, 0.6) is 0 Å². The Morgan fingerprint density at radius 1 is 1.30 bits per heavy atom. The third-order valence-electron chi connectivity index (χ3n) is 5.36. The van der Waals surface area contributed by atoms with Gasteiger partial charge in [-0.1, -0.05) is 0 Å². The number of halogens is 7. The molecular weight excluding hydrogens is 479 g/mol. The van der Waals surface area contributed by atoms with E-state index in [0.29, 0.717) is 17.5 Å². The Morgan fingerprint density at radius 3 is 2.67 bits per heavy atom. The normalized spacial score (nSPS) is 21.0. The van der Waals surface area contributed by atoms with Gasteiger partial charge in [0.05, 0.1) is 27.8 Å². The summed E-state index contributed by atoms with van der Waals surface area (Å²) < 4.78 is 95.4. The number of nitrogens with two attached hydrogens (primary N) is 1. The number of nitrogens with one attached hydrogen (secondary N) is 1. The highest BCUT2D eigenvalue weighted by Gasteiger charge is 2.47. The number of rotatable bonds is 4. The van der Waals surface area contributed by atoms with E-state index in [1.807, 2.05) is 0 Å². The molecule has 178 valence electrons. The summed E-state index contributed by atoms with van der Waals surface area (Å²) >= 11 is 0.304. The first-order chi connectivity index (χ1) is 15.4. The van der Waals surface area contributed by atoms with Gasteiger partial charge >= 0.3 is 6.18 Å². The third-order valence-corrected chi connectivity index (χ3v) is 6.42. The van der Waals surface area contributed by atoms with Crippen LogP contribution in [0.2, 0.25) is 0 Å². The van der Waals surface area contributed by atoms with E-state index in [1.165, 1.54) is 0 Å². The molecule has 6 nitrogen and oxygen atoms in total. The zero-order valence-corrected chi connectivity index (χ0v) is 17.4. The van der Waals surface area contributed by atoms with E-state index < -0.39 is 58.4 Å². The SMILES string of the molecule is N[C@H]1CCCC(F)(F)[C@@H]1NC(=O)c1nc(-c2cnn3cc(C(F)(F)F)ccc23)c(C(F)F)s1. The number of hydrogen-bond acceptors (Lipinski definition) is 5. The van der Waals surface area contributed by atoms with E-state index in [2.05, 4.69) is 15.4 Å². The molecule has 1 saturated carbocycles. The van der Waals surface area contributed by atoms with Crippen LogP contribution in [-0.2, 0) is 6.18 Å². The van der Waals surface area contributed by atoms with Crippen LogP contribution >= 0.6 is 11.3 Å². The molecule has 0 saturated heterocycles. The molecule has 14 heteroatoms. The number of hydrogen-bond donors (Lipinski definition) is 2. The lowest BCUT2D eigenvalue weighted by atomic mass is 9.87. The first-order valence-electron chi connectivity index (χ1n) is 9.66. The van der Waals surface area contributed by atoms with E-state index in [0.717, 1.165) is 22.8 Å². The molecule has 1 aliphatic rings. The summed E-state index contributed by atoms with van der Waals surface area (Å²) in [6.07, 6.45) is -6.02. The van der Waals surface area contributed by atoms with Crippen LogP contribution in [0.25, 0.3) is 16.8 Å². The fraction of sp³-hybridized carbons (Fsp3) is 0.421. The molecule has 2 atom stereocenters. The van der Waals surface area contributed by atoms with Gasteiger partial charge in [-0.2, -0.15) is 18.3 Å². The van der Waals surface area contributed by atoms with Gasteiger partial charge in [-0.15, -0.1) is 11.3 Å². The van der Waals surface area contributed by atoms with Crippen LogP contribution in [-0.4, -0.2) is 38.5 Å². The number of carbonyl (C=O) groups is 1. The second-order valence-electron chi connectivity index (χ2n) is 7.60. The predicted octanol–water partition coefficient (Wildman–Crippen LogP) is 4.66. The van der Waals surface area contributed by atoms with Crippen molar-refractivity contribution in [3.8, 4) is 11.3 Å². The summed E-state index contributed by atoms with van der Waals surface area (Å²) in [5, 5.41) is 5.37. The topological polar surface area (TPSA) is 85.3 Å². The van der Waals surface area contributed by atoms with Crippen molar-refractivity contribution in [2.45, 2.75) is 49.9 Å². The molecule has 1 amide bonds. The maximum Gasteiger partial charge on any atom is 0.417 e. The molecule has 0 unspecified atom stereocenters. The monoisotopic (exact) mass is 495 g/mol. The molecule has 1 fully saturated rings. The Kier molecular flexibility index (Phi) is 5.85. The quantitative estimate of drug-likeness (QED) is 0.516. The lowest BCUT2D eigenvalue weighted by Gasteiger charge is -2.36. The minimum atomic E-state index is -4.64. The number of alkyl halides is 7. The number of aromatic nitrogens is 3. The third kappa shape index (κ3) is 4.40. The van der Waals surface area contributed by atoms with Crippen molar-refractivity contribution in [2.75, 3.05) is 0 Å². The minimum absolute atomic E-state index is 0.0333. The van der Waals surface area contributed by atoms with Gasteiger partial charge in [-0.05, 0) is 25.0 Å². The van der Waals surface area contributed by atoms with Gasteiger partial charge in [-0.25, -0.2) is 27.1 Å². The van der Waals surface area contributed by atoms with E-state index in [1.54, 1.807) is 0 Å². The highest BCUT2D eigenvalue weighted by molar-refractivity contribution is 7.14. The maximum absolute atomic E-state index is 14.2. The summed E-state index contributed by atoms with van der Waals surface area (Å²) in [6.45, 7) is 0. The van der Waals surface area contributed by atoms with Gasteiger partial charge in [0.15, 0.2) is 5.01 Å². The molecule has 0 spiro atoms. The summed E-state index contributed by atoms with van der Waals surface area (Å²) in [7, 11) is 0. The lowest BCUT2D eigenvalue weighted by Crippen LogP contribution is -2.59. The molecular formula is C19H16F7N5OS. The Hall–Kier alpha value is -2.74. The molecule has 0 aromatic carbocycles. The fourth-order valence-corrected chi connectivity index (χ4v) is 4.57. The standard InChI is InChI=1S/C19H16F7N5OS/c20-15(21)13-12(9-6-28-31-7-8(19(24,25)26)3-4-11(9)31)29-17(33-13)16(32)30-14-10(27)2-1-5-18(14,22)23/h3-4,6-7,10,14-15H,1-2,5,27H2,(H,30,32)/t10-,14+/m0/s1. The van der Waals surface area contributed by atoms with Crippen LogP contribution in [0.15, 0.2) is 24.5 Å². The van der Waals surface area contributed by atoms with Gasteiger partial charge in [0.25, 0.3) is 18.3 Å². The molecule has 3 aromatic rings. The molecule has 1 aliphatic carbocycles. The summed E-state index contributed by atoms with van der Waals surface area (Å²) in [4.78, 5) is 15.8. The van der Waals surface area contributed by atoms with Crippen molar-refractivity contribution < 1.29 is 35.5 Å². The van der Waals surface area contributed by atoms with E-state index in [9.17, 15) is 35.5 Å². The highest BCUT2D eigenvalue weighted by Crippen LogP contribution is 2.39. The molecule has 3 heterocycles. The van der Waals surface area contributed by atoms with E-state index in [-0.39, 0.29) is 29.6 Å². The zero-order valence-electron chi connectivity index (χ0n) is 16.5. The molecule has 0 aliphatic heterocycles. The van der Waals surface area contributed by atoms with Crippen molar-refractivity contribution in [2.24, 2.45) is 5.73 Å². The number of carbonyl (C=O) groups excluding carboxylic acids is 1. The van der Waals surface area contributed by atoms with Gasteiger partial charge in [0, 0.05) is 24.2 Å². The minimum Gasteiger partial charge on any atom is -0.340 e. The van der Waals surface area contributed by atoms with Crippen LogP contribution < -0.4 is 11.1 Å². The molecule has 3 N–H and O–H groups in total. The smallest absolute Gasteiger partial charge is 0.340 e. The van der Waals surface area contributed by atoms with Crippen molar-refractivity contribution in [3.05, 3.63) is 40.0 Å². The Balaban J connectivity index is 1.70. The summed E-state index contributed by atoms with van der Waals surface area (Å²) in [5.41, 5.74) is 4.37. The van der Waals surface area contributed by atoms with Crippen molar-refractivity contribution in [1.82, 2.24) is 19.9 Å². The number of fused-ring (bicyclic) bond motifs is 1. The number of amides is 1. The first kappa shape index (κ1) is 23.4. The van der Waals surface area contributed by atoms with Crippen LogP contribution in [0.3, 0.4) is 0 Å². The number of thiazole rings is 1. The molecule has 0 bridgehead atoms. The predicted molar refractivity (Wildman–Crippen MR) is 104 cm³/mol. The van der Waals surface area contributed by atoms with Gasteiger partial charge in [0.1, 0.15) is 6.04 Å². The van der Waals surface area contributed by atoms with Crippen LogP contribution in [0.4, 0.5) is 30.7 Å². The van der Waals surface area contributed by atoms with Gasteiger partial charge < -0.3 is 11.1 Å². The maximum atomic E-state index is 14.2. The summed E-state index contributed by atoms with van der Waals surface area (Å²) in [5.74, 6) is -4.36. The number of nitrogens with zero attached hydrogens (tertiary/aromatic N) is 3. The van der Waals surface area contributed by atoms with Crippen molar-refractivity contribution in [1.29, 1.82) is 0 Å². The molecule has 4 rings (SSSR count). The lowest BCUT2D eigenvalue weighted by molar-refractivity contribution is -0.137. The average Bonchev–Trinajstić information content (AvgIpc) is 3.33. The Morgan fingerprint density at radius 2 is 2.03 bits per heavy atom. The molecule has 33 heavy (non-hydrogen) atoms. The van der Waals surface area contributed by atoms with E-state index in [4.69, 9.17) is 5.73 Å². The largest absolute Gasteiger partial charge is 0.417 e. The fourth-order valence-electron chi connectivity index (χ4n) is 3.73. The Labute approximate surface area is 185 Å². The second kappa shape index (κ2) is 8.24. The van der Waals surface area contributed by atoms with Gasteiger partial charge in [-0.3, -0.25) is 4.79 Å². The van der Waals surface area contributed by atoms with Crippen molar-refractivity contribution in [3.63, 3.8) is 0 Å². The molecule has 0 radical (unpaired) electrons. The highest BCUT2D eigenvalue weighted by atomic mass is 32.1. The summed E-state index contributed by atoms with van der Waals surface area (Å²) in [6, 6.07) is -0.899. The zero-order chi connectivity index (χ0) is 24.1. The van der Waals surface area contributed by atoms with Crippen molar-refractivity contribution >= 4 is 22.8 Å². The Bertz CT molecular complexity index is 1190. The molecule has 3 aromatic heterocycles.